The van der Waals surface area contributed by atoms with Gasteiger partial charge in [-0.25, -0.2) is 0 Å². The molecule has 0 N–H and O–H groups in total. The third-order valence-corrected chi connectivity index (χ3v) is 2.90. The van der Waals surface area contributed by atoms with Gasteiger partial charge in [0.05, 0.1) is 16.8 Å². The van der Waals surface area contributed by atoms with Gasteiger partial charge in [0.2, 0.25) is 0 Å². The zero-order valence-electron chi connectivity index (χ0n) is 11.9. The summed E-state index contributed by atoms with van der Waals surface area (Å²) < 4.78 is 65.8. The predicted molar refractivity (Wildman–Crippen MR) is 75.8 cm³/mol. The minimum atomic E-state index is -4.51. The van der Waals surface area contributed by atoms with E-state index in [0.717, 1.165) is 12.1 Å². The highest BCUT2D eigenvalue weighted by Gasteiger charge is 2.30. The second-order valence-corrected chi connectivity index (χ2v) is 4.55. The van der Waals surface area contributed by atoms with Crippen molar-refractivity contribution in [1.82, 2.24) is 4.98 Å². The molecule has 1 aromatic carbocycles. The van der Waals surface area contributed by atoms with E-state index in [1.54, 1.807) is 0 Å². The molecule has 0 saturated carbocycles. The fourth-order valence-electron chi connectivity index (χ4n) is 1.80. The second-order valence-electron chi connectivity index (χ2n) is 4.55. The summed E-state index contributed by atoms with van der Waals surface area (Å²) in [6.45, 7) is -2.95. The Hall–Kier alpha value is -2.95. The maximum atomic E-state index is 12.5. The first kappa shape index (κ1) is 17.4. The Morgan fingerprint density at radius 3 is 2.25 bits per heavy atom. The van der Waals surface area contributed by atoms with Crippen molar-refractivity contribution in [3.8, 4) is 11.8 Å². The van der Waals surface area contributed by atoms with Crippen LogP contribution >= 0.6 is 0 Å². The number of nitriles is 1. The molecule has 0 saturated heterocycles. The zero-order valence-corrected chi connectivity index (χ0v) is 11.9. The molecule has 0 amide bonds. The minimum Gasteiger partial charge on any atom is -0.435 e. The average molecular weight is 340 g/mol. The Kier molecular flexibility index (Phi) is 5.14. The first-order valence-electron chi connectivity index (χ1n) is 6.50. The molecule has 124 valence electrons. The standard InChI is InChI=1S/C16H9F5N2O/c17-15(18)24-13-4-1-10(2-5-13)7-11(8-22)14-6-3-12(9-23-14)16(19,20)21/h1-7,9,15H. The molecule has 0 aliphatic carbocycles. The molecular formula is C16H9F5N2O. The first-order valence-corrected chi connectivity index (χ1v) is 6.50. The fourth-order valence-corrected chi connectivity index (χ4v) is 1.80. The van der Waals surface area contributed by atoms with Crippen LogP contribution in [0.2, 0.25) is 0 Å². The highest BCUT2D eigenvalue weighted by atomic mass is 19.4. The van der Waals surface area contributed by atoms with Gasteiger partial charge in [-0.3, -0.25) is 4.98 Å². The van der Waals surface area contributed by atoms with Gasteiger partial charge in [-0.2, -0.15) is 27.2 Å². The van der Waals surface area contributed by atoms with Gasteiger partial charge in [-0.15, -0.1) is 0 Å². The molecular weight excluding hydrogens is 331 g/mol. The molecule has 0 aliphatic heterocycles. The van der Waals surface area contributed by atoms with E-state index in [9.17, 15) is 22.0 Å². The van der Waals surface area contributed by atoms with E-state index < -0.39 is 18.4 Å². The van der Waals surface area contributed by atoms with Crippen molar-refractivity contribution in [1.29, 1.82) is 5.26 Å². The largest absolute Gasteiger partial charge is 0.435 e. The number of rotatable bonds is 4. The third kappa shape index (κ3) is 4.52. The topological polar surface area (TPSA) is 45.9 Å². The Morgan fingerprint density at radius 2 is 1.79 bits per heavy atom. The van der Waals surface area contributed by atoms with Crippen LogP contribution in [0.15, 0.2) is 42.6 Å². The van der Waals surface area contributed by atoms with Crippen LogP contribution in [0.1, 0.15) is 16.8 Å². The van der Waals surface area contributed by atoms with E-state index in [-0.39, 0.29) is 17.0 Å². The number of ether oxygens (including phenoxy) is 1. The minimum absolute atomic E-state index is 0.0336. The maximum Gasteiger partial charge on any atom is 0.417 e. The summed E-state index contributed by atoms with van der Waals surface area (Å²) in [5, 5.41) is 9.14. The average Bonchev–Trinajstić information content (AvgIpc) is 2.53. The highest BCUT2D eigenvalue weighted by molar-refractivity contribution is 5.88. The number of benzene rings is 1. The Morgan fingerprint density at radius 1 is 1.12 bits per heavy atom. The molecule has 0 atom stereocenters. The summed E-state index contributed by atoms with van der Waals surface area (Å²) in [5.74, 6) is -0.0479. The summed E-state index contributed by atoms with van der Waals surface area (Å²) in [5.41, 5.74) is -0.337. The predicted octanol–water partition coefficient (Wildman–Crippen LogP) is 4.77. The van der Waals surface area contributed by atoms with Crippen LogP contribution in [0, 0.1) is 11.3 Å². The summed E-state index contributed by atoms with van der Waals surface area (Å²) in [7, 11) is 0. The van der Waals surface area contributed by atoms with Gasteiger partial charge in [0.15, 0.2) is 0 Å². The molecule has 0 aliphatic rings. The lowest BCUT2D eigenvalue weighted by Gasteiger charge is -2.06. The summed E-state index contributed by atoms with van der Waals surface area (Å²) in [6, 6.07) is 9.18. The quantitative estimate of drug-likeness (QED) is 0.595. The zero-order chi connectivity index (χ0) is 17.7. The lowest BCUT2D eigenvalue weighted by Crippen LogP contribution is -2.05. The van der Waals surface area contributed by atoms with Crippen LogP contribution in [0.4, 0.5) is 22.0 Å². The SMILES string of the molecule is N#CC(=Cc1ccc(OC(F)F)cc1)c1ccc(C(F)(F)F)cn1. The van der Waals surface area contributed by atoms with Gasteiger partial charge in [-0.05, 0) is 35.9 Å². The molecule has 3 nitrogen and oxygen atoms in total. The van der Waals surface area contributed by atoms with Gasteiger partial charge >= 0.3 is 12.8 Å². The fraction of sp³-hybridized carbons (Fsp3) is 0.125. The van der Waals surface area contributed by atoms with Crippen molar-refractivity contribution in [3.05, 3.63) is 59.4 Å². The summed E-state index contributed by atoms with van der Waals surface area (Å²) >= 11 is 0. The number of alkyl halides is 5. The Bertz CT molecular complexity index is 759. The van der Waals surface area contributed by atoms with Crippen LogP contribution in [0.25, 0.3) is 11.6 Å². The van der Waals surface area contributed by atoms with E-state index >= 15 is 0 Å². The molecule has 2 rings (SSSR count). The molecule has 8 heteroatoms. The number of aromatic nitrogens is 1. The van der Waals surface area contributed by atoms with Gasteiger partial charge in [0, 0.05) is 6.20 Å². The van der Waals surface area contributed by atoms with Crippen molar-refractivity contribution in [2.75, 3.05) is 0 Å². The molecule has 0 radical (unpaired) electrons. The van der Waals surface area contributed by atoms with Crippen LogP contribution in [0.3, 0.4) is 0 Å². The van der Waals surface area contributed by atoms with Crippen molar-refractivity contribution < 1.29 is 26.7 Å². The van der Waals surface area contributed by atoms with E-state index in [1.807, 2.05) is 6.07 Å². The lowest BCUT2D eigenvalue weighted by atomic mass is 10.1. The van der Waals surface area contributed by atoms with Crippen molar-refractivity contribution >= 4 is 11.6 Å². The summed E-state index contributed by atoms with van der Waals surface area (Å²) in [4.78, 5) is 3.63. The number of hydrogen-bond donors (Lipinski definition) is 0. The molecule has 0 unspecified atom stereocenters. The van der Waals surface area contributed by atoms with E-state index in [4.69, 9.17) is 5.26 Å². The highest BCUT2D eigenvalue weighted by Crippen LogP contribution is 2.29. The molecule has 1 heterocycles. The van der Waals surface area contributed by atoms with Crippen molar-refractivity contribution in [2.45, 2.75) is 12.8 Å². The Balaban J connectivity index is 2.24. The number of nitrogens with zero attached hydrogens (tertiary/aromatic N) is 2. The number of allylic oxidation sites excluding steroid dienone is 1. The van der Waals surface area contributed by atoms with Gasteiger partial charge in [-0.1, -0.05) is 12.1 Å². The van der Waals surface area contributed by atoms with Crippen LogP contribution in [-0.2, 0) is 6.18 Å². The molecule has 1 aromatic heterocycles. The Labute approximate surface area is 133 Å². The molecule has 0 bridgehead atoms. The molecule has 2 aromatic rings. The maximum absolute atomic E-state index is 12.5. The number of halogens is 5. The number of hydrogen-bond acceptors (Lipinski definition) is 3. The normalized spacial score (nSPS) is 12.1. The van der Waals surface area contributed by atoms with Gasteiger partial charge < -0.3 is 4.74 Å². The van der Waals surface area contributed by atoms with Crippen molar-refractivity contribution in [2.24, 2.45) is 0 Å². The van der Waals surface area contributed by atoms with Crippen LogP contribution in [-0.4, -0.2) is 11.6 Å². The lowest BCUT2D eigenvalue weighted by molar-refractivity contribution is -0.137. The first-order chi connectivity index (χ1) is 11.3. The van der Waals surface area contributed by atoms with Crippen LogP contribution < -0.4 is 4.74 Å². The van der Waals surface area contributed by atoms with Gasteiger partial charge in [0.1, 0.15) is 11.8 Å². The van der Waals surface area contributed by atoms with Crippen molar-refractivity contribution in [3.63, 3.8) is 0 Å². The third-order valence-electron chi connectivity index (χ3n) is 2.90. The summed E-state index contributed by atoms with van der Waals surface area (Å²) in [6.07, 6.45) is -2.50. The smallest absolute Gasteiger partial charge is 0.417 e. The monoisotopic (exact) mass is 340 g/mol. The van der Waals surface area contributed by atoms with Crippen LogP contribution in [0.5, 0.6) is 5.75 Å². The van der Waals surface area contributed by atoms with E-state index in [2.05, 4.69) is 9.72 Å². The van der Waals surface area contributed by atoms with E-state index in [0.29, 0.717) is 11.8 Å². The van der Waals surface area contributed by atoms with E-state index in [1.165, 1.54) is 30.3 Å². The molecule has 0 fully saturated rings. The second kappa shape index (κ2) is 7.08. The number of pyridine rings is 1. The molecule has 0 spiro atoms. The molecule has 24 heavy (non-hydrogen) atoms. The van der Waals surface area contributed by atoms with Gasteiger partial charge in [0.25, 0.3) is 0 Å².